The molecule has 1 aromatic rings. The SMILES string of the molecule is CC(=O)Oc1ccccc1C(=O)SC[C@H](C)O. The van der Waals surface area contributed by atoms with E-state index in [1.807, 2.05) is 0 Å². The van der Waals surface area contributed by atoms with E-state index in [4.69, 9.17) is 9.84 Å². The van der Waals surface area contributed by atoms with Gasteiger partial charge in [0.15, 0.2) is 0 Å². The number of para-hydroxylation sites is 1. The molecule has 0 unspecified atom stereocenters. The molecule has 0 aliphatic heterocycles. The summed E-state index contributed by atoms with van der Waals surface area (Å²) in [7, 11) is 0. The van der Waals surface area contributed by atoms with Crippen LogP contribution in [0.2, 0.25) is 0 Å². The summed E-state index contributed by atoms with van der Waals surface area (Å²) in [5, 5.41) is 8.88. The molecule has 0 spiro atoms. The van der Waals surface area contributed by atoms with Gasteiger partial charge in [-0.15, -0.1) is 0 Å². The van der Waals surface area contributed by atoms with E-state index in [0.29, 0.717) is 11.3 Å². The summed E-state index contributed by atoms with van der Waals surface area (Å²) in [5.41, 5.74) is 0.341. The molecule has 1 rings (SSSR count). The highest BCUT2D eigenvalue weighted by Crippen LogP contribution is 2.23. The number of benzene rings is 1. The Morgan fingerprint density at radius 3 is 2.65 bits per heavy atom. The molecule has 0 amide bonds. The van der Waals surface area contributed by atoms with Gasteiger partial charge in [-0.05, 0) is 19.1 Å². The van der Waals surface area contributed by atoms with E-state index in [1.165, 1.54) is 6.92 Å². The fraction of sp³-hybridized carbons (Fsp3) is 0.333. The Labute approximate surface area is 104 Å². The van der Waals surface area contributed by atoms with Gasteiger partial charge < -0.3 is 9.84 Å². The van der Waals surface area contributed by atoms with Crippen molar-refractivity contribution >= 4 is 22.8 Å². The van der Waals surface area contributed by atoms with Crippen molar-refractivity contribution in [2.75, 3.05) is 5.75 Å². The molecule has 92 valence electrons. The summed E-state index contributed by atoms with van der Waals surface area (Å²) < 4.78 is 4.94. The number of carbonyl (C=O) groups excluding carboxylic acids is 2. The minimum Gasteiger partial charge on any atom is -0.426 e. The number of carbonyl (C=O) groups is 2. The van der Waals surface area contributed by atoms with Crippen LogP contribution in [-0.4, -0.2) is 28.0 Å². The first kappa shape index (κ1) is 13.7. The normalized spacial score (nSPS) is 11.9. The van der Waals surface area contributed by atoms with Gasteiger partial charge in [0.25, 0.3) is 0 Å². The van der Waals surface area contributed by atoms with E-state index in [9.17, 15) is 9.59 Å². The Kier molecular flexibility index (Phi) is 5.18. The molecule has 1 N–H and O–H groups in total. The Morgan fingerprint density at radius 2 is 2.06 bits per heavy atom. The number of aliphatic hydroxyl groups excluding tert-OH is 1. The van der Waals surface area contributed by atoms with Crippen LogP contribution in [0.15, 0.2) is 24.3 Å². The third-order valence-electron chi connectivity index (χ3n) is 1.82. The van der Waals surface area contributed by atoms with Gasteiger partial charge >= 0.3 is 5.97 Å². The number of aliphatic hydroxyl groups is 1. The zero-order chi connectivity index (χ0) is 12.8. The molecule has 0 radical (unpaired) electrons. The quantitative estimate of drug-likeness (QED) is 0.656. The third kappa shape index (κ3) is 4.58. The van der Waals surface area contributed by atoms with Crippen molar-refractivity contribution in [3.63, 3.8) is 0 Å². The lowest BCUT2D eigenvalue weighted by Gasteiger charge is -2.08. The average molecular weight is 254 g/mol. The van der Waals surface area contributed by atoms with Crippen molar-refractivity contribution in [2.24, 2.45) is 0 Å². The van der Waals surface area contributed by atoms with Gasteiger partial charge in [0.1, 0.15) is 5.75 Å². The summed E-state index contributed by atoms with van der Waals surface area (Å²) in [6.45, 7) is 2.89. The first-order chi connectivity index (χ1) is 8.00. The molecule has 5 heteroatoms. The zero-order valence-corrected chi connectivity index (χ0v) is 10.5. The molecular formula is C12H14O4S. The third-order valence-corrected chi connectivity index (χ3v) is 2.95. The van der Waals surface area contributed by atoms with Crippen LogP contribution in [0.4, 0.5) is 0 Å². The van der Waals surface area contributed by atoms with E-state index in [2.05, 4.69) is 0 Å². The molecule has 0 aromatic heterocycles. The first-order valence-corrected chi connectivity index (χ1v) is 6.12. The molecule has 0 aliphatic rings. The van der Waals surface area contributed by atoms with Crippen molar-refractivity contribution in [1.82, 2.24) is 0 Å². The minimum absolute atomic E-state index is 0.220. The summed E-state index contributed by atoms with van der Waals surface area (Å²) in [6, 6.07) is 6.55. The standard InChI is InChI=1S/C12H14O4S/c1-8(13)7-17-12(15)10-5-3-4-6-11(10)16-9(2)14/h3-6,8,13H,7H2,1-2H3/t8-/m0/s1. The lowest BCUT2D eigenvalue weighted by molar-refractivity contribution is -0.131. The molecule has 17 heavy (non-hydrogen) atoms. The molecular weight excluding hydrogens is 240 g/mol. The highest BCUT2D eigenvalue weighted by molar-refractivity contribution is 8.14. The smallest absolute Gasteiger partial charge is 0.308 e. The van der Waals surface area contributed by atoms with Gasteiger partial charge in [0.05, 0.1) is 11.7 Å². The maximum absolute atomic E-state index is 11.8. The second kappa shape index (κ2) is 6.42. The van der Waals surface area contributed by atoms with Crippen LogP contribution < -0.4 is 4.74 Å². The Hall–Kier alpha value is -1.33. The van der Waals surface area contributed by atoms with Crippen molar-refractivity contribution in [3.8, 4) is 5.75 Å². The predicted molar refractivity (Wildman–Crippen MR) is 66.2 cm³/mol. The fourth-order valence-corrected chi connectivity index (χ4v) is 1.87. The molecule has 0 bridgehead atoms. The molecule has 0 saturated heterocycles. The van der Waals surface area contributed by atoms with Gasteiger partial charge in [0.2, 0.25) is 5.12 Å². The van der Waals surface area contributed by atoms with E-state index in [-0.39, 0.29) is 10.9 Å². The van der Waals surface area contributed by atoms with Gasteiger partial charge in [-0.1, -0.05) is 23.9 Å². The van der Waals surface area contributed by atoms with E-state index in [0.717, 1.165) is 11.8 Å². The molecule has 4 nitrogen and oxygen atoms in total. The lowest BCUT2D eigenvalue weighted by atomic mass is 10.2. The second-order valence-electron chi connectivity index (χ2n) is 3.54. The molecule has 1 atom stereocenters. The van der Waals surface area contributed by atoms with E-state index in [1.54, 1.807) is 31.2 Å². The number of thioether (sulfide) groups is 1. The molecule has 0 aliphatic carbocycles. The predicted octanol–water partition coefficient (Wildman–Crippen LogP) is 1.87. The maximum Gasteiger partial charge on any atom is 0.308 e. The minimum atomic E-state index is -0.551. The number of hydrogen-bond donors (Lipinski definition) is 1. The second-order valence-corrected chi connectivity index (χ2v) is 4.53. The highest BCUT2D eigenvalue weighted by Gasteiger charge is 2.14. The topological polar surface area (TPSA) is 63.6 Å². The number of esters is 1. The maximum atomic E-state index is 11.8. The van der Waals surface area contributed by atoms with Crippen LogP contribution >= 0.6 is 11.8 Å². The fourth-order valence-electron chi connectivity index (χ4n) is 1.15. The van der Waals surface area contributed by atoms with E-state index < -0.39 is 12.1 Å². The lowest BCUT2D eigenvalue weighted by Crippen LogP contribution is -2.09. The van der Waals surface area contributed by atoms with Gasteiger partial charge in [-0.25, -0.2) is 0 Å². The highest BCUT2D eigenvalue weighted by atomic mass is 32.2. The van der Waals surface area contributed by atoms with Crippen LogP contribution in [0.3, 0.4) is 0 Å². The summed E-state index contributed by atoms with van der Waals surface area (Å²) in [4.78, 5) is 22.7. The molecule has 0 heterocycles. The summed E-state index contributed by atoms with van der Waals surface area (Å²) in [6.07, 6.45) is -0.551. The van der Waals surface area contributed by atoms with Crippen LogP contribution in [0.25, 0.3) is 0 Å². The van der Waals surface area contributed by atoms with Gasteiger partial charge in [-0.3, -0.25) is 9.59 Å². The molecule has 0 saturated carbocycles. The number of rotatable bonds is 4. The van der Waals surface area contributed by atoms with Crippen LogP contribution in [0.5, 0.6) is 5.75 Å². The van der Waals surface area contributed by atoms with Gasteiger partial charge in [0, 0.05) is 12.7 Å². The van der Waals surface area contributed by atoms with Crippen molar-refractivity contribution in [3.05, 3.63) is 29.8 Å². The largest absolute Gasteiger partial charge is 0.426 e. The summed E-state index contributed by atoms with van der Waals surface area (Å²) >= 11 is 0.999. The number of ether oxygens (including phenoxy) is 1. The van der Waals surface area contributed by atoms with Crippen LogP contribution in [0.1, 0.15) is 24.2 Å². The average Bonchev–Trinajstić information content (AvgIpc) is 2.25. The Balaban J connectivity index is 2.81. The monoisotopic (exact) mass is 254 g/mol. The number of hydrogen-bond acceptors (Lipinski definition) is 5. The van der Waals surface area contributed by atoms with Crippen molar-refractivity contribution in [1.29, 1.82) is 0 Å². The first-order valence-electron chi connectivity index (χ1n) is 5.13. The van der Waals surface area contributed by atoms with E-state index >= 15 is 0 Å². The Bertz CT molecular complexity index is 415. The zero-order valence-electron chi connectivity index (χ0n) is 9.67. The van der Waals surface area contributed by atoms with Crippen molar-refractivity contribution < 1.29 is 19.4 Å². The Morgan fingerprint density at radius 1 is 1.41 bits per heavy atom. The van der Waals surface area contributed by atoms with Crippen molar-refractivity contribution in [2.45, 2.75) is 20.0 Å². The molecule has 0 fully saturated rings. The summed E-state index contributed by atoms with van der Waals surface area (Å²) in [5.74, 6) is 0.0987. The van der Waals surface area contributed by atoms with Crippen LogP contribution in [-0.2, 0) is 4.79 Å². The van der Waals surface area contributed by atoms with Crippen LogP contribution in [0, 0.1) is 0 Å². The molecule has 1 aromatic carbocycles. The van der Waals surface area contributed by atoms with Gasteiger partial charge in [-0.2, -0.15) is 0 Å².